The molecule has 5 heteroatoms. The monoisotopic (exact) mass is 231 g/mol. The number of nitrogens with one attached hydrogen (secondary N) is 1. The van der Waals surface area contributed by atoms with Crippen LogP contribution in [0.1, 0.15) is 25.3 Å². The van der Waals surface area contributed by atoms with Crippen LogP contribution in [0.2, 0.25) is 0 Å². The minimum absolute atomic E-state index is 0.0996. The molecule has 0 radical (unpaired) electrons. The highest BCUT2D eigenvalue weighted by molar-refractivity contribution is 5.59. The lowest BCUT2D eigenvalue weighted by molar-refractivity contribution is -0.385. The maximum Gasteiger partial charge on any atom is 0.289 e. The highest BCUT2D eigenvalue weighted by Gasteiger charge is 2.25. The van der Waals surface area contributed by atoms with Gasteiger partial charge in [0.2, 0.25) is 0 Å². The molecule has 0 unspecified atom stereocenters. The second kappa shape index (κ2) is 4.42. The Kier molecular flexibility index (Phi) is 2.96. The van der Waals surface area contributed by atoms with E-state index >= 15 is 0 Å². The molecule has 0 bridgehead atoms. The van der Waals surface area contributed by atoms with Gasteiger partial charge in [-0.1, -0.05) is 6.92 Å². The molecule has 1 aromatic carbocycles. The summed E-state index contributed by atoms with van der Waals surface area (Å²) in [7, 11) is 0. The number of benzene rings is 1. The quantitative estimate of drug-likeness (QED) is 0.640. The van der Waals surface area contributed by atoms with Gasteiger partial charge in [0.25, 0.3) is 5.69 Å². The fraction of sp³-hybridized carbons (Fsp3) is 0.417. The van der Waals surface area contributed by atoms with Crippen molar-refractivity contribution in [3.8, 4) is 6.07 Å². The summed E-state index contributed by atoms with van der Waals surface area (Å²) in [5.74, 6) is 0.723. The van der Waals surface area contributed by atoms with E-state index in [4.69, 9.17) is 5.26 Å². The molecule has 0 atom stereocenters. The Hall–Kier alpha value is -2.09. The summed E-state index contributed by atoms with van der Waals surface area (Å²) >= 11 is 0. The third kappa shape index (κ3) is 2.36. The zero-order valence-electron chi connectivity index (χ0n) is 9.51. The minimum atomic E-state index is -0.521. The lowest BCUT2D eigenvalue weighted by Crippen LogP contribution is -2.33. The maximum absolute atomic E-state index is 10.8. The average Bonchev–Trinajstić information content (AvgIpc) is 2.27. The van der Waals surface area contributed by atoms with Gasteiger partial charge in [-0.15, -0.1) is 0 Å². The van der Waals surface area contributed by atoms with Gasteiger partial charge in [0, 0.05) is 17.8 Å². The Morgan fingerprint density at radius 2 is 2.24 bits per heavy atom. The Bertz CT molecular complexity index is 487. The summed E-state index contributed by atoms with van der Waals surface area (Å²) in [5.41, 5.74) is 0.681. The van der Waals surface area contributed by atoms with Crippen molar-refractivity contribution in [2.75, 3.05) is 5.32 Å². The molecular weight excluding hydrogens is 218 g/mol. The molecule has 88 valence electrons. The zero-order chi connectivity index (χ0) is 12.4. The largest absolute Gasteiger partial charge is 0.382 e. The Labute approximate surface area is 99.2 Å². The van der Waals surface area contributed by atoms with Crippen LogP contribution >= 0.6 is 0 Å². The number of nitro benzene ring substituents is 1. The second-order valence-electron chi connectivity index (χ2n) is 4.52. The number of nitrogens with zero attached hydrogens (tertiary/aromatic N) is 2. The molecule has 1 saturated carbocycles. The lowest BCUT2D eigenvalue weighted by Gasteiger charge is -2.34. The summed E-state index contributed by atoms with van der Waals surface area (Å²) in [6, 6.07) is 6.86. The average molecular weight is 231 g/mol. The van der Waals surface area contributed by atoms with E-state index in [1.54, 1.807) is 6.07 Å². The number of rotatable bonds is 3. The molecule has 0 aromatic heterocycles. The Morgan fingerprint density at radius 1 is 1.53 bits per heavy atom. The Balaban J connectivity index is 2.17. The molecular formula is C12H13N3O2. The van der Waals surface area contributed by atoms with Crippen molar-refractivity contribution >= 4 is 11.4 Å². The van der Waals surface area contributed by atoms with E-state index in [-0.39, 0.29) is 11.3 Å². The molecule has 2 rings (SSSR count). The first kappa shape index (κ1) is 11.4. The molecule has 1 aliphatic rings. The van der Waals surface area contributed by atoms with Gasteiger partial charge in [-0.05, 0) is 30.9 Å². The molecule has 1 aliphatic carbocycles. The molecule has 5 nitrogen and oxygen atoms in total. The normalized spacial score (nSPS) is 22.4. The summed E-state index contributed by atoms with van der Waals surface area (Å²) in [4.78, 5) is 10.3. The van der Waals surface area contributed by atoms with E-state index < -0.39 is 4.92 Å². The number of nitro groups is 1. The predicted molar refractivity (Wildman–Crippen MR) is 63.6 cm³/mol. The van der Waals surface area contributed by atoms with Gasteiger partial charge in [-0.2, -0.15) is 5.26 Å². The first-order valence-electron chi connectivity index (χ1n) is 5.55. The van der Waals surface area contributed by atoms with Crippen molar-refractivity contribution in [1.82, 2.24) is 0 Å². The van der Waals surface area contributed by atoms with Crippen LogP contribution in [-0.4, -0.2) is 11.0 Å². The van der Waals surface area contributed by atoms with Gasteiger partial charge in [0.1, 0.15) is 11.6 Å². The zero-order valence-corrected chi connectivity index (χ0v) is 9.51. The second-order valence-corrected chi connectivity index (χ2v) is 4.52. The fourth-order valence-corrected chi connectivity index (χ4v) is 2.12. The van der Waals surface area contributed by atoms with Gasteiger partial charge >= 0.3 is 0 Å². The predicted octanol–water partition coefficient (Wildman–Crippen LogP) is 2.68. The van der Waals surface area contributed by atoms with E-state index in [1.165, 1.54) is 12.1 Å². The van der Waals surface area contributed by atoms with Crippen LogP contribution in [-0.2, 0) is 0 Å². The van der Waals surface area contributed by atoms with E-state index in [1.807, 2.05) is 6.07 Å². The van der Waals surface area contributed by atoms with Crippen LogP contribution in [0.4, 0.5) is 11.4 Å². The number of hydrogen-bond donors (Lipinski definition) is 1. The van der Waals surface area contributed by atoms with Gasteiger partial charge in [-0.3, -0.25) is 10.1 Å². The van der Waals surface area contributed by atoms with Crippen molar-refractivity contribution in [3.05, 3.63) is 33.9 Å². The molecule has 0 heterocycles. The number of hydrogen-bond acceptors (Lipinski definition) is 4. The van der Waals surface area contributed by atoms with E-state index in [9.17, 15) is 10.1 Å². The van der Waals surface area contributed by atoms with E-state index in [0.29, 0.717) is 11.7 Å². The molecule has 0 aliphatic heterocycles. The van der Waals surface area contributed by atoms with Gasteiger partial charge in [0.05, 0.1) is 4.92 Å². The third-order valence-electron chi connectivity index (χ3n) is 3.06. The van der Waals surface area contributed by atoms with Gasteiger partial charge in [0.15, 0.2) is 0 Å². The van der Waals surface area contributed by atoms with Crippen LogP contribution in [0, 0.1) is 27.4 Å². The molecule has 1 fully saturated rings. The van der Waals surface area contributed by atoms with Crippen molar-refractivity contribution < 1.29 is 4.92 Å². The van der Waals surface area contributed by atoms with E-state index in [2.05, 4.69) is 12.2 Å². The topological polar surface area (TPSA) is 79.0 Å². The van der Waals surface area contributed by atoms with Crippen LogP contribution in [0.3, 0.4) is 0 Å². The smallest absolute Gasteiger partial charge is 0.289 e. The fourth-order valence-electron chi connectivity index (χ4n) is 2.12. The van der Waals surface area contributed by atoms with Crippen LogP contribution in [0.15, 0.2) is 18.2 Å². The molecule has 1 aromatic rings. The molecule has 0 saturated heterocycles. The van der Waals surface area contributed by atoms with Crippen molar-refractivity contribution in [2.45, 2.75) is 25.8 Å². The van der Waals surface area contributed by atoms with Gasteiger partial charge in [-0.25, -0.2) is 0 Å². The number of nitriles is 1. The third-order valence-corrected chi connectivity index (χ3v) is 3.06. The highest BCUT2D eigenvalue weighted by Crippen LogP contribution is 2.31. The SMILES string of the molecule is CC1CC(Nc2ccc(C#N)c([N+](=O)[O-])c2)C1. The van der Waals surface area contributed by atoms with E-state index in [0.717, 1.165) is 18.8 Å². The summed E-state index contributed by atoms with van der Waals surface area (Å²) in [6.45, 7) is 2.18. The standard InChI is InChI=1S/C12H13N3O2/c1-8-4-11(5-8)14-10-3-2-9(7-13)12(6-10)15(16)17/h2-3,6,8,11,14H,4-5H2,1H3. The molecule has 0 amide bonds. The van der Waals surface area contributed by atoms with Crippen molar-refractivity contribution in [3.63, 3.8) is 0 Å². The van der Waals surface area contributed by atoms with Crippen LogP contribution in [0.5, 0.6) is 0 Å². The summed E-state index contributed by atoms with van der Waals surface area (Å²) in [5, 5.41) is 22.8. The first-order valence-corrected chi connectivity index (χ1v) is 5.55. The summed E-state index contributed by atoms with van der Waals surface area (Å²) in [6.07, 6.45) is 2.18. The van der Waals surface area contributed by atoms with Gasteiger partial charge < -0.3 is 5.32 Å². The molecule has 1 N–H and O–H groups in total. The lowest BCUT2D eigenvalue weighted by atomic mass is 9.82. The van der Waals surface area contributed by atoms with Crippen molar-refractivity contribution in [1.29, 1.82) is 5.26 Å². The molecule has 0 spiro atoms. The molecule has 17 heavy (non-hydrogen) atoms. The highest BCUT2D eigenvalue weighted by atomic mass is 16.6. The minimum Gasteiger partial charge on any atom is -0.382 e. The maximum atomic E-state index is 10.8. The van der Waals surface area contributed by atoms with Crippen LogP contribution in [0.25, 0.3) is 0 Å². The first-order chi connectivity index (χ1) is 8.10. The Morgan fingerprint density at radius 3 is 2.76 bits per heavy atom. The number of anilines is 1. The van der Waals surface area contributed by atoms with Crippen molar-refractivity contribution in [2.24, 2.45) is 5.92 Å². The summed E-state index contributed by atoms with van der Waals surface area (Å²) < 4.78 is 0. The van der Waals surface area contributed by atoms with Crippen LogP contribution < -0.4 is 5.32 Å².